The Bertz CT molecular complexity index is 1350. The minimum Gasteiger partial charge on any atom is -0.494 e. The van der Waals surface area contributed by atoms with Gasteiger partial charge in [0.1, 0.15) is 30.2 Å². The number of thioether (sulfide) groups is 1. The predicted octanol–water partition coefficient (Wildman–Crippen LogP) is 5.77. The van der Waals surface area contributed by atoms with E-state index in [2.05, 4.69) is 5.32 Å². The van der Waals surface area contributed by atoms with E-state index in [1.165, 1.54) is 11.8 Å². The summed E-state index contributed by atoms with van der Waals surface area (Å²) < 4.78 is 11.8. The first-order valence-corrected chi connectivity index (χ1v) is 15.9. The van der Waals surface area contributed by atoms with Crippen molar-refractivity contribution in [3.8, 4) is 5.75 Å². The van der Waals surface area contributed by atoms with E-state index in [0.29, 0.717) is 29.4 Å². The molecule has 7 nitrogen and oxygen atoms in total. The Morgan fingerprint density at radius 1 is 1.00 bits per heavy atom. The van der Waals surface area contributed by atoms with Gasteiger partial charge in [-0.1, -0.05) is 60.8 Å². The number of carbonyl (C=O) groups is 1. The van der Waals surface area contributed by atoms with Gasteiger partial charge in [-0.25, -0.2) is 0 Å². The van der Waals surface area contributed by atoms with Gasteiger partial charge in [-0.3, -0.25) is 4.79 Å². The van der Waals surface area contributed by atoms with Crippen LogP contribution in [0.4, 0.5) is 5.69 Å². The lowest BCUT2D eigenvalue weighted by molar-refractivity contribution is -0.218. The van der Waals surface area contributed by atoms with E-state index in [4.69, 9.17) is 21.1 Å². The van der Waals surface area contributed by atoms with Gasteiger partial charge in [0.15, 0.2) is 0 Å². The number of hydrogen-bond acceptors (Lipinski definition) is 7. The Morgan fingerprint density at radius 2 is 1.74 bits per heavy atom. The van der Waals surface area contributed by atoms with E-state index in [0.717, 1.165) is 53.1 Å². The Labute approximate surface area is 256 Å². The Morgan fingerprint density at radius 3 is 2.48 bits per heavy atom. The van der Waals surface area contributed by atoms with Crippen molar-refractivity contribution in [1.82, 2.24) is 0 Å². The van der Waals surface area contributed by atoms with Gasteiger partial charge in [-0.2, -0.15) is 0 Å². The molecular weight excluding hydrogens is 574 g/mol. The lowest BCUT2D eigenvalue weighted by Crippen LogP contribution is -2.54. The molecule has 3 aromatic rings. The molecular formula is C33H38ClNO6S. The first kappa shape index (κ1) is 30.9. The van der Waals surface area contributed by atoms with Crippen LogP contribution in [0.1, 0.15) is 55.4 Å². The van der Waals surface area contributed by atoms with Gasteiger partial charge in [0.05, 0.1) is 18.4 Å². The van der Waals surface area contributed by atoms with Crippen molar-refractivity contribution in [1.29, 1.82) is 0 Å². The number of benzene rings is 3. The summed E-state index contributed by atoms with van der Waals surface area (Å²) in [4.78, 5) is 13.6. The zero-order valence-electron chi connectivity index (χ0n) is 23.6. The minimum absolute atomic E-state index is 0.0388. The van der Waals surface area contributed by atoms with Crippen molar-refractivity contribution in [2.75, 3.05) is 17.7 Å². The average Bonchev–Trinajstić information content (AvgIpc) is 3.54. The monoisotopic (exact) mass is 611 g/mol. The van der Waals surface area contributed by atoms with Crippen LogP contribution in [0.3, 0.4) is 0 Å². The van der Waals surface area contributed by atoms with Gasteiger partial charge in [0.2, 0.25) is 5.91 Å². The number of para-hydroxylation sites is 1. The Balaban J connectivity index is 1.28. The molecule has 1 aliphatic heterocycles. The smallest absolute Gasteiger partial charge is 0.227 e. The van der Waals surface area contributed by atoms with Crippen LogP contribution in [-0.4, -0.2) is 58.0 Å². The molecule has 1 amide bonds. The van der Waals surface area contributed by atoms with Crippen molar-refractivity contribution < 1.29 is 29.6 Å². The molecule has 1 saturated carbocycles. The van der Waals surface area contributed by atoms with E-state index in [-0.39, 0.29) is 11.8 Å². The molecule has 1 heterocycles. The molecule has 4 N–H and O–H groups in total. The van der Waals surface area contributed by atoms with Crippen molar-refractivity contribution in [3.63, 3.8) is 0 Å². The highest BCUT2D eigenvalue weighted by atomic mass is 35.5. The second-order valence-electron chi connectivity index (χ2n) is 10.9. The zero-order valence-corrected chi connectivity index (χ0v) is 25.2. The average molecular weight is 612 g/mol. The van der Waals surface area contributed by atoms with Gasteiger partial charge in [-0.15, -0.1) is 11.8 Å². The molecule has 2 aliphatic rings. The summed E-state index contributed by atoms with van der Waals surface area (Å²) in [6, 6.07) is 20.8. The van der Waals surface area contributed by atoms with Gasteiger partial charge in [0, 0.05) is 21.6 Å². The normalized spacial score (nSPS) is 24.5. The number of ether oxygens (including phenoxy) is 2. The number of carbonyl (C=O) groups excluding carboxylic acids is 1. The molecule has 9 heteroatoms. The Kier molecular flexibility index (Phi) is 10.5. The fourth-order valence-electron chi connectivity index (χ4n) is 5.65. The van der Waals surface area contributed by atoms with Crippen LogP contribution < -0.4 is 10.1 Å². The highest BCUT2D eigenvalue weighted by Crippen LogP contribution is 2.38. The summed E-state index contributed by atoms with van der Waals surface area (Å²) in [6.07, 6.45) is -1.06. The fourth-order valence-corrected chi connectivity index (χ4v) is 6.90. The molecule has 0 aromatic heterocycles. The van der Waals surface area contributed by atoms with Gasteiger partial charge >= 0.3 is 0 Å². The van der Waals surface area contributed by atoms with Crippen molar-refractivity contribution in [3.05, 3.63) is 88.4 Å². The van der Waals surface area contributed by atoms with E-state index in [1.807, 2.05) is 61.5 Å². The summed E-state index contributed by atoms with van der Waals surface area (Å²) >= 11 is 7.97. The molecule has 42 heavy (non-hydrogen) atoms. The van der Waals surface area contributed by atoms with E-state index >= 15 is 0 Å². The molecule has 2 fully saturated rings. The second kappa shape index (κ2) is 14.3. The first-order chi connectivity index (χ1) is 20.3. The predicted molar refractivity (Wildman–Crippen MR) is 165 cm³/mol. The number of amides is 1. The fraction of sp³-hybridized carbons (Fsp3) is 0.424. The first-order valence-electron chi connectivity index (χ1n) is 14.6. The summed E-state index contributed by atoms with van der Waals surface area (Å²) in [5, 5.41) is 36.2. The van der Waals surface area contributed by atoms with E-state index < -0.39 is 30.5 Å². The summed E-state index contributed by atoms with van der Waals surface area (Å²) in [5.74, 6) is 1.19. The van der Waals surface area contributed by atoms with E-state index in [9.17, 15) is 20.1 Å². The van der Waals surface area contributed by atoms with Crippen LogP contribution in [0.2, 0.25) is 5.02 Å². The highest BCUT2D eigenvalue weighted by Gasteiger charge is 2.44. The summed E-state index contributed by atoms with van der Waals surface area (Å²) in [5.41, 5.74) is 3.29. The number of rotatable bonds is 10. The second-order valence-corrected chi connectivity index (χ2v) is 12.4. The third kappa shape index (κ3) is 7.30. The molecule has 0 bridgehead atoms. The van der Waals surface area contributed by atoms with Crippen LogP contribution in [0.5, 0.6) is 5.75 Å². The lowest BCUT2D eigenvalue weighted by atomic mass is 9.90. The third-order valence-corrected chi connectivity index (χ3v) is 9.54. The van der Waals surface area contributed by atoms with Gasteiger partial charge in [0.25, 0.3) is 0 Å². The van der Waals surface area contributed by atoms with Crippen LogP contribution in [0, 0.1) is 5.92 Å². The van der Waals surface area contributed by atoms with E-state index in [1.54, 1.807) is 12.1 Å². The minimum atomic E-state index is -1.39. The van der Waals surface area contributed by atoms with Gasteiger partial charge in [-0.05, 0) is 73.2 Å². The molecule has 0 radical (unpaired) electrons. The quantitative estimate of drug-likeness (QED) is 0.216. The van der Waals surface area contributed by atoms with Crippen LogP contribution in [0.15, 0.2) is 71.6 Å². The highest BCUT2D eigenvalue weighted by molar-refractivity contribution is 7.99. The zero-order chi connectivity index (χ0) is 29.6. The largest absolute Gasteiger partial charge is 0.494 e. The maximum absolute atomic E-state index is 12.8. The van der Waals surface area contributed by atoms with Gasteiger partial charge < -0.3 is 30.1 Å². The van der Waals surface area contributed by atoms with Crippen molar-refractivity contribution >= 4 is 35.0 Å². The topological polar surface area (TPSA) is 108 Å². The van der Waals surface area contributed by atoms with Crippen molar-refractivity contribution in [2.24, 2.45) is 5.92 Å². The molecule has 1 saturated heterocycles. The van der Waals surface area contributed by atoms with Crippen molar-refractivity contribution in [2.45, 2.75) is 74.4 Å². The molecule has 224 valence electrons. The van der Waals surface area contributed by atoms with Crippen LogP contribution in [0.25, 0.3) is 0 Å². The number of halogens is 1. The number of anilines is 1. The maximum atomic E-state index is 12.8. The molecule has 0 spiro atoms. The SMILES string of the molecule is CCOc1ccc(Cc2cc([C@@H]3O[C@H](CSc4ccccc4NC(=O)C4CCCC4)[C@@H](O)[C@H](O)[C@H]3O)ccc2Cl)cc1. The summed E-state index contributed by atoms with van der Waals surface area (Å²) in [7, 11) is 0. The molecule has 5 atom stereocenters. The lowest BCUT2D eigenvalue weighted by Gasteiger charge is -2.41. The molecule has 0 unspecified atom stereocenters. The number of hydrogen-bond donors (Lipinski definition) is 4. The maximum Gasteiger partial charge on any atom is 0.227 e. The Hall–Kier alpha value is -2.59. The molecule has 3 aromatic carbocycles. The molecule has 1 aliphatic carbocycles. The van der Waals surface area contributed by atoms with Crippen LogP contribution in [-0.2, 0) is 16.0 Å². The molecule has 5 rings (SSSR count). The van der Waals surface area contributed by atoms with Crippen LogP contribution >= 0.6 is 23.4 Å². The number of aliphatic hydroxyl groups is 3. The standard InChI is InChI=1S/C33H38ClNO6S/c1-2-40-24-14-11-20(12-15-24)17-23-18-22(13-16-25(23)34)32-31(38)30(37)29(36)27(41-32)19-42-28-10-6-5-9-26(28)35-33(39)21-7-3-4-8-21/h5-6,9-16,18,21,27,29-32,36-38H,2-4,7-8,17,19H2,1H3,(H,35,39)/t27-,29-,30+,31-,32+/m1/s1. The summed E-state index contributed by atoms with van der Waals surface area (Å²) in [6.45, 7) is 2.54. The number of nitrogens with one attached hydrogen (secondary N) is 1. The number of aliphatic hydroxyl groups excluding tert-OH is 3. The third-order valence-electron chi connectivity index (χ3n) is 8.01.